The molecule has 0 spiro atoms. The van der Waals surface area contributed by atoms with Crippen LogP contribution in [-0.2, 0) is 0 Å². The van der Waals surface area contributed by atoms with E-state index in [4.69, 9.17) is 12.2 Å². The normalized spacial score (nSPS) is 12.2. The average Bonchev–Trinajstić information content (AvgIpc) is 2.42. The number of H-pyrrole nitrogens is 1. The lowest BCUT2D eigenvalue weighted by Gasteiger charge is -1.99. The molecule has 0 saturated heterocycles. The Morgan fingerprint density at radius 1 is 1.22 bits per heavy atom. The zero-order valence-corrected chi connectivity index (χ0v) is 12.0. The van der Waals surface area contributed by atoms with Crippen LogP contribution in [0.15, 0.2) is 36.9 Å². The van der Waals surface area contributed by atoms with Crippen LogP contribution in [0, 0.1) is 4.51 Å². The number of fused-ring (bicyclic) bond motifs is 1. The van der Waals surface area contributed by atoms with Crippen LogP contribution in [0.25, 0.3) is 23.1 Å². The molecule has 0 atom stereocenters. The molecule has 0 aliphatic carbocycles. The Balaban J connectivity index is 0.000000771. The molecule has 0 amide bonds. The molecule has 2 rings (SSSR count). The zero-order chi connectivity index (χ0) is 13.5. The number of rotatable bonds is 1. The first-order valence-electron chi connectivity index (χ1n) is 6.18. The van der Waals surface area contributed by atoms with Gasteiger partial charge in [-0.3, -0.25) is 0 Å². The largest absolute Gasteiger partial charge is 0.354 e. The second-order valence-electron chi connectivity index (χ2n) is 3.52. The van der Waals surface area contributed by atoms with Crippen molar-refractivity contribution in [2.45, 2.75) is 20.8 Å². The topological polar surface area (TPSA) is 15.8 Å². The van der Waals surface area contributed by atoms with Crippen LogP contribution in [-0.4, -0.2) is 4.98 Å². The Labute approximate surface area is 113 Å². The average molecular weight is 257 g/mol. The number of aromatic amines is 1. The second kappa shape index (κ2) is 6.92. The molecule has 0 radical (unpaired) electrons. The molecular formula is C16H19NS. The number of allylic oxidation sites excluding steroid dienone is 1. The van der Waals surface area contributed by atoms with E-state index in [1.807, 2.05) is 57.2 Å². The minimum atomic E-state index is 0.893. The van der Waals surface area contributed by atoms with Gasteiger partial charge in [-0.05, 0) is 19.1 Å². The van der Waals surface area contributed by atoms with Crippen LogP contribution in [0.4, 0.5) is 0 Å². The molecule has 18 heavy (non-hydrogen) atoms. The Morgan fingerprint density at radius 2 is 1.89 bits per heavy atom. The molecule has 0 fully saturated rings. The molecule has 1 heterocycles. The Hall–Kier alpha value is -1.67. The number of nitrogens with one attached hydrogen (secondary N) is 1. The molecule has 0 unspecified atom stereocenters. The van der Waals surface area contributed by atoms with Gasteiger partial charge in [0.25, 0.3) is 0 Å². The van der Waals surface area contributed by atoms with Gasteiger partial charge < -0.3 is 4.98 Å². The van der Waals surface area contributed by atoms with E-state index in [0.29, 0.717) is 0 Å². The first kappa shape index (κ1) is 14.4. The predicted molar refractivity (Wildman–Crippen MR) is 84.5 cm³/mol. The van der Waals surface area contributed by atoms with Crippen LogP contribution < -0.4 is 10.6 Å². The van der Waals surface area contributed by atoms with Gasteiger partial charge in [0.2, 0.25) is 0 Å². The minimum absolute atomic E-state index is 0.893. The first-order valence-corrected chi connectivity index (χ1v) is 6.59. The number of hydrogen-bond donors (Lipinski definition) is 1. The van der Waals surface area contributed by atoms with E-state index < -0.39 is 0 Å². The molecule has 1 nitrogen and oxygen atoms in total. The van der Waals surface area contributed by atoms with Gasteiger partial charge in [-0.15, -0.1) is 0 Å². The summed E-state index contributed by atoms with van der Waals surface area (Å²) in [5.41, 5.74) is 1.06. The van der Waals surface area contributed by atoms with Gasteiger partial charge in [0.1, 0.15) is 0 Å². The number of para-hydroxylation sites is 1. The highest BCUT2D eigenvalue weighted by atomic mass is 32.1. The monoisotopic (exact) mass is 257 g/mol. The summed E-state index contributed by atoms with van der Waals surface area (Å²) in [6, 6.07) is 8.08. The summed E-state index contributed by atoms with van der Waals surface area (Å²) in [5.74, 6) is 0. The van der Waals surface area contributed by atoms with Gasteiger partial charge in [-0.2, -0.15) is 0 Å². The van der Waals surface area contributed by atoms with Crippen molar-refractivity contribution < 1.29 is 0 Å². The van der Waals surface area contributed by atoms with E-state index in [0.717, 1.165) is 26.0 Å². The van der Waals surface area contributed by atoms with Crippen molar-refractivity contribution in [3.05, 3.63) is 52.0 Å². The highest BCUT2D eigenvalue weighted by Crippen LogP contribution is 2.07. The van der Waals surface area contributed by atoms with Gasteiger partial charge >= 0.3 is 0 Å². The van der Waals surface area contributed by atoms with E-state index in [1.54, 1.807) is 6.08 Å². The first-order chi connectivity index (χ1) is 8.77. The maximum Gasteiger partial charge on any atom is 0.0560 e. The van der Waals surface area contributed by atoms with E-state index in [9.17, 15) is 0 Å². The third kappa shape index (κ3) is 2.77. The fourth-order valence-electron chi connectivity index (χ4n) is 1.81. The summed E-state index contributed by atoms with van der Waals surface area (Å²) in [5, 5.41) is 3.17. The summed E-state index contributed by atoms with van der Waals surface area (Å²) in [6.45, 7) is 9.71. The number of pyridine rings is 1. The SMILES string of the molecule is C=C/C=c1/[nH]c2ccccc2c(=S)/c1=C/C.CC. The van der Waals surface area contributed by atoms with Gasteiger partial charge in [0.05, 0.1) is 4.51 Å². The lowest BCUT2D eigenvalue weighted by molar-refractivity contribution is 1.28. The van der Waals surface area contributed by atoms with Crippen LogP contribution in [0.3, 0.4) is 0 Å². The van der Waals surface area contributed by atoms with Crippen molar-refractivity contribution in [2.75, 3.05) is 0 Å². The van der Waals surface area contributed by atoms with Crippen LogP contribution in [0.1, 0.15) is 20.8 Å². The minimum Gasteiger partial charge on any atom is -0.354 e. The fraction of sp³-hybridized carbons (Fsp3) is 0.188. The molecule has 1 aromatic heterocycles. The Kier molecular flexibility index (Phi) is 5.53. The lowest BCUT2D eigenvalue weighted by atomic mass is 10.2. The standard InChI is InChI=1S/C14H13NS.C2H6/c1-3-7-12-10(4-2)14(16)11-8-5-6-9-13(11)15-12;1-2/h3-9,15H,1H2,2H3;1-2H3/b10-4+,12-7+;. The quantitative estimate of drug-likeness (QED) is 0.770. The molecule has 94 valence electrons. The molecule has 0 aliphatic heterocycles. The zero-order valence-electron chi connectivity index (χ0n) is 11.2. The van der Waals surface area contributed by atoms with Crippen LogP contribution in [0.2, 0.25) is 0 Å². The summed E-state index contributed by atoms with van der Waals surface area (Å²) < 4.78 is 0.893. The summed E-state index contributed by atoms with van der Waals surface area (Å²) in [6.07, 6.45) is 5.74. The number of aromatic nitrogens is 1. The summed E-state index contributed by atoms with van der Waals surface area (Å²) in [4.78, 5) is 3.36. The van der Waals surface area contributed by atoms with Crippen molar-refractivity contribution in [3.8, 4) is 0 Å². The lowest BCUT2D eigenvalue weighted by Crippen LogP contribution is -2.28. The van der Waals surface area contributed by atoms with Gasteiger partial charge in [0.15, 0.2) is 0 Å². The Bertz CT molecular complexity index is 708. The van der Waals surface area contributed by atoms with E-state index in [2.05, 4.69) is 11.6 Å². The molecule has 1 aromatic carbocycles. The van der Waals surface area contributed by atoms with Crippen molar-refractivity contribution >= 4 is 35.3 Å². The smallest absolute Gasteiger partial charge is 0.0560 e. The van der Waals surface area contributed by atoms with Crippen molar-refractivity contribution in [2.24, 2.45) is 0 Å². The van der Waals surface area contributed by atoms with E-state index >= 15 is 0 Å². The van der Waals surface area contributed by atoms with Crippen LogP contribution >= 0.6 is 12.2 Å². The number of benzene rings is 1. The molecule has 0 aliphatic rings. The third-order valence-corrected chi connectivity index (χ3v) is 2.99. The van der Waals surface area contributed by atoms with Gasteiger partial charge in [0, 0.05) is 21.5 Å². The fourth-order valence-corrected chi connectivity index (χ4v) is 2.21. The molecule has 2 aromatic rings. The predicted octanol–water partition coefficient (Wildman–Crippen LogP) is 3.69. The molecular weight excluding hydrogens is 238 g/mol. The number of hydrogen-bond acceptors (Lipinski definition) is 1. The molecule has 0 saturated carbocycles. The highest BCUT2D eigenvalue weighted by molar-refractivity contribution is 7.71. The van der Waals surface area contributed by atoms with Crippen LogP contribution in [0.5, 0.6) is 0 Å². The van der Waals surface area contributed by atoms with Crippen molar-refractivity contribution in [1.29, 1.82) is 0 Å². The van der Waals surface area contributed by atoms with Gasteiger partial charge in [-0.25, -0.2) is 0 Å². The van der Waals surface area contributed by atoms with Crippen molar-refractivity contribution in [3.63, 3.8) is 0 Å². The Morgan fingerprint density at radius 3 is 2.50 bits per heavy atom. The van der Waals surface area contributed by atoms with E-state index in [1.165, 1.54) is 0 Å². The third-order valence-electron chi connectivity index (χ3n) is 2.55. The van der Waals surface area contributed by atoms with Crippen molar-refractivity contribution in [1.82, 2.24) is 4.98 Å². The second-order valence-corrected chi connectivity index (χ2v) is 3.93. The summed E-state index contributed by atoms with van der Waals surface area (Å²) >= 11 is 5.49. The van der Waals surface area contributed by atoms with E-state index in [-0.39, 0.29) is 0 Å². The molecule has 2 heteroatoms. The maximum absolute atomic E-state index is 5.49. The highest BCUT2D eigenvalue weighted by Gasteiger charge is 1.96. The van der Waals surface area contributed by atoms with Gasteiger partial charge in [-0.1, -0.05) is 63.0 Å². The molecule has 1 N–H and O–H groups in total. The maximum atomic E-state index is 5.49. The molecule has 0 bridgehead atoms. The summed E-state index contributed by atoms with van der Waals surface area (Å²) in [7, 11) is 0.